The quantitative estimate of drug-likeness (QED) is 0.603. The van der Waals surface area contributed by atoms with E-state index in [0.717, 1.165) is 19.8 Å². The van der Waals surface area contributed by atoms with Crippen LogP contribution in [0.2, 0.25) is 0 Å². The van der Waals surface area contributed by atoms with Crippen LogP contribution in [0.3, 0.4) is 0 Å². The van der Waals surface area contributed by atoms with Crippen LogP contribution in [0.15, 0.2) is 0 Å². The number of nitrogens with one attached hydrogen (secondary N) is 1. The lowest BCUT2D eigenvalue weighted by atomic mass is 9.67. The van der Waals surface area contributed by atoms with Gasteiger partial charge in [0.1, 0.15) is 0 Å². The topological polar surface area (TPSA) is 30.5 Å². The summed E-state index contributed by atoms with van der Waals surface area (Å²) in [5.74, 6) is 0. The van der Waals surface area contributed by atoms with Crippen molar-refractivity contribution in [2.24, 2.45) is 5.41 Å². The molecule has 84 valence electrons. The molecule has 0 bridgehead atoms. The van der Waals surface area contributed by atoms with Gasteiger partial charge in [0.05, 0.1) is 13.2 Å². The molecule has 3 nitrogen and oxygen atoms in total. The molecule has 0 heterocycles. The fraction of sp³-hybridized carbons (Fsp3) is 1.00. The Morgan fingerprint density at radius 1 is 1.21 bits per heavy atom. The summed E-state index contributed by atoms with van der Waals surface area (Å²) in [5, 5.41) is 3.28. The Hall–Kier alpha value is -0.120. The third-order valence-electron chi connectivity index (χ3n) is 3.17. The molecular formula is C11H23NO2. The van der Waals surface area contributed by atoms with Gasteiger partial charge in [-0.1, -0.05) is 6.42 Å². The Balaban J connectivity index is 2.03. The maximum atomic E-state index is 5.50. The minimum atomic E-state index is 0.543. The first-order valence-corrected chi connectivity index (χ1v) is 5.54. The Morgan fingerprint density at radius 2 is 2.00 bits per heavy atom. The largest absolute Gasteiger partial charge is 0.382 e. The van der Waals surface area contributed by atoms with Crippen LogP contribution in [0, 0.1) is 5.41 Å². The van der Waals surface area contributed by atoms with E-state index in [2.05, 4.69) is 5.32 Å². The number of methoxy groups -OCH3 is 1. The highest BCUT2D eigenvalue weighted by atomic mass is 16.5. The normalized spacial score (nSPS) is 19.3. The molecule has 0 aromatic carbocycles. The first-order valence-electron chi connectivity index (χ1n) is 5.54. The Labute approximate surface area is 87.2 Å². The predicted octanol–water partition coefficient (Wildman–Crippen LogP) is 1.43. The summed E-state index contributed by atoms with van der Waals surface area (Å²) in [4.78, 5) is 0. The molecule has 1 rings (SSSR count). The second kappa shape index (κ2) is 6.38. The smallest absolute Gasteiger partial charge is 0.0700 e. The van der Waals surface area contributed by atoms with E-state index in [1.54, 1.807) is 7.11 Å². The maximum Gasteiger partial charge on any atom is 0.0700 e. The molecule has 0 aromatic heterocycles. The average Bonchev–Trinajstić information content (AvgIpc) is 2.13. The van der Waals surface area contributed by atoms with Crippen molar-refractivity contribution in [1.29, 1.82) is 0 Å². The number of rotatable bonds is 8. The van der Waals surface area contributed by atoms with Crippen molar-refractivity contribution < 1.29 is 9.47 Å². The van der Waals surface area contributed by atoms with Crippen molar-refractivity contribution in [2.75, 3.05) is 40.5 Å². The van der Waals surface area contributed by atoms with Crippen LogP contribution >= 0.6 is 0 Å². The lowest BCUT2D eigenvalue weighted by Crippen LogP contribution is -2.39. The summed E-state index contributed by atoms with van der Waals surface area (Å²) in [6.07, 6.45) is 5.31. The number of ether oxygens (including phenoxy) is 2. The molecule has 0 aliphatic heterocycles. The van der Waals surface area contributed by atoms with Gasteiger partial charge in [0, 0.05) is 20.3 Å². The van der Waals surface area contributed by atoms with E-state index >= 15 is 0 Å². The van der Waals surface area contributed by atoms with Crippen LogP contribution in [0.1, 0.15) is 25.7 Å². The summed E-state index contributed by atoms with van der Waals surface area (Å²) >= 11 is 0. The lowest BCUT2D eigenvalue weighted by Gasteiger charge is -2.42. The summed E-state index contributed by atoms with van der Waals surface area (Å²) in [7, 11) is 3.74. The molecule has 0 atom stereocenters. The standard InChI is InChI=1S/C11H23NO2/c1-12-10-11(4-3-5-11)6-7-14-9-8-13-2/h12H,3-10H2,1-2H3. The Bertz CT molecular complexity index is 146. The number of hydrogen-bond donors (Lipinski definition) is 1. The monoisotopic (exact) mass is 201 g/mol. The minimum absolute atomic E-state index is 0.543. The van der Waals surface area contributed by atoms with E-state index in [4.69, 9.17) is 9.47 Å². The van der Waals surface area contributed by atoms with Gasteiger partial charge in [0.2, 0.25) is 0 Å². The van der Waals surface area contributed by atoms with Gasteiger partial charge in [-0.3, -0.25) is 0 Å². The van der Waals surface area contributed by atoms with Gasteiger partial charge < -0.3 is 14.8 Å². The van der Waals surface area contributed by atoms with Crippen LogP contribution in [0.4, 0.5) is 0 Å². The molecule has 0 amide bonds. The highest BCUT2D eigenvalue weighted by Crippen LogP contribution is 2.43. The molecule has 1 aliphatic carbocycles. The predicted molar refractivity (Wildman–Crippen MR) is 57.5 cm³/mol. The fourth-order valence-corrected chi connectivity index (χ4v) is 2.10. The summed E-state index contributed by atoms with van der Waals surface area (Å²) in [6, 6.07) is 0. The third-order valence-corrected chi connectivity index (χ3v) is 3.17. The van der Waals surface area contributed by atoms with E-state index in [9.17, 15) is 0 Å². The SMILES string of the molecule is CNCC1(CCOCCOC)CCC1. The Morgan fingerprint density at radius 3 is 2.50 bits per heavy atom. The molecule has 0 unspecified atom stereocenters. The van der Waals surface area contributed by atoms with Crippen LogP contribution < -0.4 is 5.32 Å². The van der Waals surface area contributed by atoms with E-state index in [1.165, 1.54) is 25.7 Å². The fourth-order valence-electron chi connectivity index (χ4n) is 2.10. The minimum Gasteiger partial charge on any atom is -0.382 e. The van der Waals surface area contributed by atoms with Gasteiger partial charge in [0.15, 0.2) is 0 Å². The van der Waals surface area contributed by atoms with Gasteiger partial charge in [-0.15, -0.1) is 0 Å². The molecular weight excluding hydrogens is 178 g/mol. The van der Waals surface area contributed by atoms with Crippen LogP contribution in [0.25, 0.3) is 0 Å². The van der Waals surface area contributed by atoms with Gasteiger partial charge in [-0.2, -0.15) is 0 Å². The molecule has 1 saturated carbocycles. The molecule has 0 spiro atoms. The zero-order valence-electron chi connectivity index (χ0n) is 9.47. The third kappa shape index (κ3) is 3.56. The second-order valence-electron chi connectivity index (χ2n) is 4.24. The van der Waals surface area contributed by atoms with Gasteiger partial charge >= 0.3 is 0 Å². The number of hydrogen-bond acceptors (Lipinski definition) is 3. The highest BCUT2D eigenvalue weighted by Gasteiger charge is 2.35. The lowest BCUT2D eigenvalue weighted by molar-refractivity contribution is 0.0284. The first kappa shape index (κ1) is 12.0. The second-order valence-corrected chi connectivity index (χ2v) is 4.24. The van der Waals surface area contributed by atoms with Crippen LogP contribution in [-0.4, -0.2) is 40.5 Å². The van der Waals surface area contributed by atoms with Crippen LogP contribution in [0.5, 0.6) is 0 Å². The summed E-state index contributed by atoms with van der Waals surface area (Å²) < 4.78 is 10.4. The van der Waals surface area contributed by atoms with E-state index in [1.807, 2.05) is 7.05 Å². The molecule has 1 aliphatic rings. The molecule has 1 fully saturated rings. The first-order chi connectivity index (χ1) is 6.83. The zero-order chi connectivity index (χ0) is 10.3. The molecule has 0 aromatic rings. The highest BCUT2D eigenvalue weighted by molar-refractivity contribution is 4.88. The van der Waals surface area contributed by atoms with Crippen molar-refractivity contribution in [3.05, 3.63) is 0 Å². The van der Waals surface area contributed by atoms with Crippen LogP contribution in [-0.2, 0) is 9.47 Å². The molecule has 0 saturated heterocycles. The summed E-state index contributed by atoms with van der Waals surface area (Å²) in [5.41, 5.74) is 0.543. The van der Waals surface area contributed by atoms with Crippen molar-refractivity contribution in [3.8, 4) is 0 Å². The van der Waals surface area contributed by atoms with Crippen molar-refractivity contribution in [1.82, 2.24) is 5.32 Å². The zero-order valence-corrected chi connectivity index (χ0v) is 9.47. The van der Waals surface area contributed by atoms with Crippen molar-refractivity contribution in [2.45, 2.75) is 25.7 Å². The molecule has 1 N–H and O–H groups in total. The molecule has 14 heavy (non-hydrogen) atoms. The van der Waals surface area contributed by atoms with E-state index in [0.29, 0.717) is 12.0 Å². The van der Waals surface area contributed by atoms with E-state index < -0.39 is 0 Å². The van der Waals surface area contributed by atoms with Crippen molar-refractivity contribution in [3.63, 3.8) is 0 Å². The van der Waals surface area contributed by atoms with Crippen molar-refractivity contribution >= 4 is 0 Å². The Kier molecular flexibility index (Phi) is 5.45. The van der Waals surface area contributed by atoms with Gasteiger partial charge in [0.25, 0.3) is 0 Å². The molecule has 3 heteroatoms. The van der Waals surface area contributed by atoms with Gasteiger partial charge in [-0.25, -0.2) is 0 Å². The molecule has 0 radical (unpaired) electrons. The van der Waals surface area contributed by atoms with Gasteiger partial charge in [-0.05, 0) is 31.7 Å². The maximum absolute atomic E-state index is 5.50. The van der Waals surface area contributed by atoms with E-state index in [-0.39, 0.29) is 0 Å². The summed E-state index contributed by atoms with van der Waals surface area (Å²) in [6.45, 7) is 3.46. The average molecular weight is 201 g/mol.